The second-order valence-electron chi connectivity index (χ2n) is 2.10. The molecule has 0 atom stereocenters. The largest absolute Gasteiger partial charge is 0.366 e. The molecule has 0 radical (unpaired) electrons. The highest BCUT2D eigenvalue weighted by Gasteiger charge is 1.69. The van der Waals surface area contributed by atoms with Crippen molar-refractivity contribution in [3.63, 3.8) is 0 Å². The van der Waals surface area contributed by atoms with Crippen LogP contribution < -0.4 is 5.73 Å². The van der Waals surface area contributed by atoms with E-state index in [0.717, 1.165) is 6.08 Å². The van der Waals surface area contributed by atoms with Gasteiger partial charge < -0.3 is 15.5 Å². The van der Waals surface area contributed by atoms with Crippen molar-refractivity contribution in [2.24, 2.45) is 5.73 Å². The summed E-state index contributed by atoms with van der Waals surface area (Å²) in [5, 5.41) is 0. The van der Waals surface area contributed by atoms with E-state index in [1.54, 1.807) is 0 Å². The Morgan fingerprint density at radius 3 is 1.54 bits per heavy atom. The van der Waals surface area contributed by atoms with Gasteiger partial charge in [-0.1, -0.05) is 12.2 Å². The summed E-state index contributed by atoms with van der Waals surface area (Å²) in [5.74, 6) is -0.481. The van der Waals surface area contributed by atoms with E-state index in [0.29, 0.717) is 0 Å². The second-order valence-corrected chi connectivity index (χ2v) is 2.66. The van der Waals surface area contributed by atoms with Crippen LogP contribution in [0.5, 0.6) is 0 Å². The molecule has 0 aromatic heterocycles. The van der Waals surface area contributed by atoms with Gasteiger partial charge in [0, 0.05) is 0 Å². The fraction of sp³-hybridized carbons (Fsp3) is 0.286. The summed E-state index contributed by atoms with van der Waals surface area (Å²) in [6, 6.07) is 0. The van der Waals surface area contributed by atoms with Gasteiger partial charge in [-0.2, -0.15) is 0 Å². The van der Waals surface area contributed by atoms with E-state index < -0.39 is 14.2 Å². The lowest BCUT2D eigenvalue weighted by Gasteiger charge is -1.65. The van der Waals surface area contributed by atoms with Crippen LogP contribution in [0.2, 0.25) is 0 Å². The molecule has 0 fully saturated rings. The lowest BCUT2D eigenvalue weighted by atomic mass is 10.4. The predicted molar refractivity (Wildman–Crippen MR) is 53.3 cm³/mol. The van der Waals surface area contributed by atoms with E-state index in [1.165, 1.54) is 5.57 Å². The van der Waals surface area contributed by atoms with Gasteiger partial charge in [-0.05, 0) is 19.9 Å². The van der Waals surface area contributed by atoms with E-state index in [4.69, 9.17) is 14.4 Å². The number of primary amides is 1. The number of carbonyl (C=O) groups excluding carboxylic acids is 1. The fourth-order valence-electron chi connectivity index (χ4n) is 0. The lowest BCUT2D eigenvalue weighted by Crippen LogP contribution is -2.04. The molecular weight excluding hydrogens is 193 g/mol. The summed E-state index contributed by atoms with van der Waals surface area (Å²) in [7, 11) is -3.13. The van der Waals surface area contributed by atoms with Crippen molar-refractivity contribution in [1.82, 2.24) is 0 Å². The molecule has 0 aromatic carbocycles. The minimum absolute atomic E-state index is 0.481. The van der Waals surface area contributed by atoms with Gasteiger partial charge in [0.25, 0.3) is 0 Å². The maximum Gasteiger partial charge on any atom is 0.314 e. The van der Waals surface area contributed by atoms with Crippen LogP contribution in [0.3, 0.4) is 0 Å². The molecule has 0 heterocycles. The van der Waals surface area contributed by atoms with E-state index >= 15 is 0 Å². The van der Waals surface area contributed by atoms with Crippen molar-refractivity contribution in [1.29, 1.82) is 0 Å². The molecule has 0 aliphatic heterocycles. The molecule has 1 amide bonds. The van der Waals surface area contributed by atoms with E-state index in [-0.39, 0.29) is 0 Å². The van der Waals surface area contributed by atoms with E-state index in [9.17, 15) is 4.79 Å². The third kappa shape index (κ3) is 760. The summed E-state index contributed by atoms with van der Waals surface area (Å²) in [4.78, 5) is 23.8. The van der Waals surface area contributed by atoms with Gasteiger partial charge in [-0.25, -0.2) is 0 Å². The molecule has 0 saturated heterocycles. The molecule has 6 heteroatoms. The fourth-order valence-corrected chi connectivity index (χ4v) is 0. The van der Waals surface area contributed by atoms with Crippen LogP contribution in [0.25, 0.3) is 0 Å². The molecule has 4 N–H and O–H groups in total. The van der Waals surface area contributed by atoms with Crippen molar-refractivity contribution in [3.05, 3.63) is 24.8 Å². The highest BCUT2D eigenvalue weighted by molar-refractivity contribution is 7.30. The quantitative estimate of drug-likeness (QED) is 0.334. The Morgan fingerprint density at radius 2 is 1.54 bits per heavy atom. The predicted octanol–water partition coefficient (Wildman–Crippen LogP) is 0.601. The van der Waals surface area contributed by atoms with Crippen molar-refractivity contribution in [3.8, 4) is 0 Å². The third-order valence-electron chi connectivity index (χ3n) is 0.201. The molecule has 13 heavy (non-hydrogen) atoms. The molecule has 78 valence electrons. The van der Waals surface area contributed by atoms with Crippen LogP contribution in [0.1, 0.15) is 13.8 Å². The normalized spacial score (nSPS) is 7.15. The Bertz CT molecular complexity index is 171. The van der Waals surface area contributed by atoms with E-state index in [1.807, 2.05) is 13.8 Å². The van der Waals surface area contributed by atoms with Crippen molar-refractivity contribution >= 4 is 14.2 Å². The summed E-state index contributed by atoms with van der Waals surface area (Å²) in [5.41, 5.74) is 5.70. The number of amides is 1. The monoisotopic (exact) mass is 209 g/mol. The first-order valence-electron chi connectivity index (χ1n) is 3.19. The minimum Gasteiger partial charge on any atom is -0.366 e. The van der Waals surface area contributed by atoms with E-state index in [2.05, 4.69) is 18.9 Å². The molecule has 0 unspecified atom stereocenters. The van der Waals surface area contributed by atoms with Gasteiger partial charge in [0.2, 0.25) is 5.91 Å². The van der Waals surface area contributed by atoms with Gasteiger partial charge in [0.05, 0.1) is 0 Å². The molecule has 0 rings (SSSR count). The summed E-state index contributed by atoms with van der Waals surface area (Å²) >= 11 is 0. The van der Waals surface area contributed by atoms with Crippen LogP contribution in [0, 0.1) is 0 Å². The van der Waals surface area contributed by atoms with Gasteiger partial charge >= 0.3 is 8.25 Å². The maximum atomic E-state index is 9.47. The Labute approximate surface area is 78.5 Å². The highest BCUT2D eigenvalue weighted by Crippen LogP contribution is 1.98. The molecular formula is C7H16NO4P. The first-order chi connectivity index (χ1) is 5.73. The zero-order chi connectivity index (χ0) is 11.4. The van der Waals surface area contributed by atoms with Crippen LogP contribution in [-0.2, 0) is 9.36 Å². The summed E-state index contributed by atoms with van der Waals surface area (Å²) in [6.45, 7) is 10.6. The van der Waals surface area contributed by atoms with Crippen molar-refractivity contribution < 1.29 is 19.1 Å². The molecule has 0 saturated carbocycles. The molecule has 0 spiro atoms. The maximum absolute atomic E-state index is 9.47. The van der Waals surface area contributed by atoms with Crippen LogP contribution in [-0.4, -0.2) is 15.7 Å². The molecule has 0 bridgehead atoms. The number of hydrogen-bond donors (Lipinski definition) is 3. The van der Waals surface area contributed by atoms with Gasteiger partial charge in [-0.3, -0.25) is 9.36 Å². The molecule has 0 aromatic rings. The van der Waals surface area contributed by atoms with Crippen molar-refractivity contribution in [2.75, 3.05) is 0 Å². The molecule has 0 aliphatic carbocycles. The molecule has 5 nitrogen and oxygen atoms in total. The first-order valence-corrected chi connectivity index (χ1v) is 4.50. The number of hydrogen-bond acceptors (Lipinski definition) is 2. The standard InChI is InChI=1S/C4H8.C3H5NO.H3O3P/c1-4(2)3;1-2-3(4)5;1-4(2)3/h1H2,2-3H3;2H,1H2,(H2,4,5);4H,(H2,1,2,3). The smallest absolute Gasteiger partial charge is 0.314 e. The average molecular weight is 209 g/mol. The first kappa shape index (κ1) is 18.0. The lowest BCUT2D eigenvalue weighted by molar-refractivity contribution is -0.113. The summed E-state index contributed by atoms with van der Waals surface area (Å²) < 4.78 is 8.74. The topological polar surface area (TPSA) is 101 Å². The van der Waals surface area contributed by atoms with Gasteiger partial charge in [-0.15, -0.1) is 6.58 Å². The number of nitrogens with two attached hydrogens (primary N) is 1. The highest BCUT2D eigenvalue weighted by atomic mass is 31.1. The number of carbonyl (C=O) groups is 1. The minimum atomic E-state index is -3.13. The Kier molecular flexibility index (Phi) is 18.9. The van der Waals surface area contributed by atoms with Crippen LogP contribution in [0.4, 0.5) is 0 Å². The summed E-state index contributed by atoms with van der Waals surface area (Å²) in [6.07, 6.45) is 1.06. The number of allylic oxidation sites excluding steroid dienone is 1. The van der Waals surface area contributed by atoms with Crippen molar-refractivity contribution in [2.45, 2.75) is 13.8 Å². The third-order valence-corrected chi connectivity index (χ3v) is 0.201. The van der Waals surface area contributed by atoms with Gasteiger partial charge in [0.1, 0.15) is 0 Å². The average Bonchev–Trinajstić information content (AvgIpc) is 1.84. The second kappa shape index (κ2) is 13.7. The van der Waals surface area contributed by atoms with Gasteiger partial charge in [0.15, 0.2) is 0 Å². The Balaban J connectivity index is -0.000000117. The van der Waals surface area contributed by atoms with Crippen LogP contribution >= 0.6 is 8.25 Å². The Hall–Kier alpha value is -0.900. The zero-order valence-electron chi connectivity index (χ0n) is 7.78. The van der Waals surface area contributed by atoms with Crippen LogP contribution in [0.15, 0.2) is 24.8 Å². The zero-order valence-corrected chi connectivity index (χ0v) is 8.78. The number of rotatable bonds is 1. The molecule has 0 aliphatic rings. The Morgan fingerprint density at radius 1 is 1.46 bits per heavy atom. The SMILES string of the molecule is C=C(C)C.C=CC(N)=O.O=[PH](O)O.